The zero-order valence-electron chi connectivity index (χ0n) is 14.3. The van der Waals surface area contributed by atoms with Gasteiger partial charge in [0.15, 0.2) is 0 Å². The third-order valence-corrected chi connectivity index (χ3v) is 3.67. The lowest BCUT2D eigenvalue weighted by Gasteiger charge is -2.22. The molecule has 2 aliphatic rings. The molecule has 0 aromatic carbocycles. The van der Waals surface area contributed by atoms with E-state index in [-0.39, 0.29) is 12.5 Å². The fourth-order valence-corrected chi connectivity index (χ4v) is 2.62. The number of rotatable bonds is 5. The Labute approximate surface area is 140 Å². The zero-order chi connectivity index (χ0) is 17.9. The van der Waals surface area contributed by atoms with E-state index in [1.807, 2.05) is 0 Å². The van der Waals surface area contributed by atoms with E-state index in [0.29, 0.717) is 30.9 Å². The molecule has 0 bridgehead atoms. The number of urea groups is 1. The van der Waals surface area contributed by atoms with Gasteiger partial charge in [-0.2, -0.15) is 5.01 Å². The van der Waals surface area contributed by atoms with Crippen LogP contribution in [-0.2, 0) is 14.3 Å². The van der Waals surface area contributed by atoms with Crippen molar-refractivity contribution in [1.29, 1.82) is 0 Å². The van der Waals surface area contributed by atoms with Gasteiger partial charge in [-0.3, -0.25) is 9.59 Å². The number of likely N-dealkylation sites (tertiary alicyclic amines) is 1. The highest BCUT2D eigenvalue weighted by atomic mass is 16.6. The number of ether oxygens (including phenoxy) is 1. The molecule has 0 aliphatic carbocycles. The van der Waals surface area contributed by atoms with Crippen molar-refractivity contribution >= 4 is 23.9 Å². The number of hydrogen-bond donors (Lipinski definition) is 1. The van der Waals surface area contributed by atoms with Gasteiger partial charge < -0.3 is 14.5 Å². The van der Waals surface area contributed by atoms with Crippen LogP contribution >= 0.6 is 0 Å². The molecule has 0 aromatic rings. The molecule has 2 saturated heterocycles. The van der Waals surface area contributed by atoms with Crippen molar-refractivity contribution in [3.63, 3.8) is 0 Å². The molecular weight excluding hydrogens is 316 g/mol. The van der Waals surface area contributed by atoms with Crippen molar-refractivity contribution in [2.24, 2.45) is 0 Å². The fraction of sp³-hybridized carbons (Fsp3) is 0.733. The Kier molecular flexibility index (Phi) is 5.30. The average molecular weight is 340 g/mol. The molecule has 9 nitrogen and oxygen atoms in total. The van der Waals surface area contributed by atoms with Crippen LogP contribution < -0.4 is 5.43 Å². The summed E-state index contributed by atoms with van der Waals surface area (Å²) in [6, 6.07) is -0.585. The lowest BCUT2D eigenvalue weighted by atomic mass is 10.2. The predicted molar refractivity (Wildman–Crippen MR) is 83.6 cm³/mol. The van der Waals surface area contributed by atoms with Gasteiger partial charge in [0, 0.05) is 26.1 Å². The van der Waals surface area contributed by atoms with Gasteiger partial charge in [-0.15, -0.1) is 0 Å². The molecule has 0 radical (unpaired) electrons. The van der Waals surface area contributed by atoms with Gasteiger partial charge in [-0.1, -0.05) is 0 Å². The second-order valence-corrected chi connectivity index (χ2v) is 6.88. The van der Waals surface area contributed by atoms with Gasteiger partial charge in [0.25, 0.3) is 5.91 Å². The molecule has 24 heavy (non-hydrogen) atoms. The third-order valence-electron chi connectivity index (χ3n) is 3.67. The van der Waals surface area contributed by atoms with E-state index in [1.165, 1.54) is 4.90 Å². The topological polar surface area (TPSA) is 99.3 Å². The lowest BCUT2D eigenvalue weighted by molar-refractivity contribution is -0.128. The smallest absolute Gasteiger partial charge is 0.427 e. The van der Waals surface area contributed by atoms with Crippen LogP contribution in [0.5, 0.6) is 0 Å². The lowest BCUT2D eigenvalue weighted by Crippen LogP contribution is -2.48. The van der Waals surface area contributed by atoms with Crippen LogP contribution in [0.1, 0.15) is 40.0 Å². The summed E-state index contributed by atoms with van der Waals surface area (Å²) in [7, 11) is 0. The number of nitrogens with one attached hydrogen (secondary N) is 1. The van der Waals surface area contributed by atoms with Gasteiger partial charge in [0.05, 0.1) is 0 Å². The maximum Gasteiger partial charge on any atom is 0.427 e. The van der Waals surface area contributed by atoms with E-state index in [1.54, 1.807) is 25.7 Å². The van der Waals surface area contributed by atoms with Crippen molar-refractivity contribution in [1.82, 2.24) is 20.2 Å². The van der Waals surface area contributed by atoms with Crippen LogP contribution in [0.3, 0.4) is 0 Å². The summed E-state index contributed by atoms with van der Waals surface area (Å²) in [4.78, 5) is 50.4. The van der Waals surface area contributed by atoms with Crippen molar-refractivity contribution in [3.05, 3.63) is 0 Å². The first kappa shape index (κ1) is 18.0. The Morgan fingerprint density at radius 3 is 2.38 bits per heavy atom. The second-order valence-electron chi connectivity index (χ2n) is 6.88. The van der Waals surface area contributed by atoms with Crippen molar-refractivity contribution < 1.29 is 23.9 Å². The van der Waals surface area contributed by atoms with E-state index >= 15 is 0 Å². The maximum absolute atomic E-state index is 12.2. The van der Waals surface area contributed by atoms with E-state index in [2.05, 4.69) is 5.43 Å². The predicted octanol–water partition coefficient (Wildman–Crippen LogP) is 0.703. The van der Waals surface area contributed by atoms with Gasteiger partial charge in [-0.05, 0) is 33.6 Å². The Morgan fingerprint density at radius 2 is 1.79 bits per heavy atom. The molecule has 134 valence electrons. The van der Waals surface area contributed by atoms with Crippen molar-refractivity contribution in [3.8, 4) is 0 Å². The number of hydrazine groups is 1. The molecule has 2 rings (SSSR count). The van der Waals surface area contributed by atoms with Crippen LogP contribution in [0.4, 0.5) is 9.59 Å². The number of hydrogen-bond acceptors (Lipinski definition) is 5. The summed E-state index contributed by atoms with van der Waals surface area (Å²) >= 11 is 0. The summed E-state index contributed by atoms with van der Waals surface area (Å²) in [5, 5.41) is 0.676. The van der Waals surface area contributed by atoms with Gasteiger partial charge in [0.1, 0.15) is 12.1 Å². The Hall–Kier alpha value is -2.32. The molecule has 1 N–H and O–H groups in total. The molecule has 0 aromatic heterocycles. The average Bonchev–Trinajstić information content (AvgIpc) is 2.96. The molecule has 2 fully saturated rings. The Morgan fingerprint density at radius 1 is 1.12 bits per heavy atom. The van der Waals surface area contributed by atoms with E-state index in [9.17, 15) is 19.2 Å². The molecule has 0 spiro atoms. The minimum Gasteiger partial charge on any atom is -0.443 e. The summed E-state index contributed by atoms with van der Waals surface area (Å²) < 4.78 is 5.03. The first-order valence-electron chi connectivity index (χ1n) is 8.06. The summed E-state index contributed by atoms with van der Waals surface area (Å²) in [5.41, 5.74) is 1.45. The SMILES string of the molecule is CC(C)(C)OC(=O)NN1C(=O)CN(CCCN2CCCC2=O)C1=O. The van der Waals surface area contributed by atoms with Crippen LogP contribution in [0.2, 0.25) is 0 Å². The molecule has 2 heterocycles. The van der Waals surface area contributed by atoms with Gasteiger partial charge in [-0.25, -0.2) is 15.0 Å². The highest BCUT2D eigenvalue weighted by Crippen LogP contribution is 2.13. The number of amides is 5. The van der Waals surface area contributed by atoms with Crippen molar-refractivity contribution in [2.75, 3.05) is 26.2 Å². The highest BCUT2D eigenvalue weighted by molar-refractivity contribution is 6.02. The minimum absolute atomic E-state index is 0.0947. The summed E-state index contributed by atoms with van der Waals surface area (Å²) in [5.74, 6) is -0.379. The summed E-state index contributed by atoms with van der Waals surface area (Å²) in [6.07, 6.45) is 1.18. The van der Waals surface area contributed by atoms with Crippen LogP contribution in [-0.4, -0.2) is 70.5 Å². The normalized spacial score (nSPS) is 18.6. The highest BCUT2D eigenvalue weighted by Gasteiger charge is 2.38. The molecule has 9 heteroatoms. The molecule has 0 saturated carbocycles. The summed E-state index contributed by atoms with van der Waals surface area (Å²) in [6.45, 7) is 6.63. The largest absolute Gasteiger partial charge is 0.443 e. The molecule has 2 aliphatic heterocycles. The van der Waals surface area contributed by atoms with Crippen LogP contribution in [0.15, 0.2) is 0 Å². The van der Waals surface area contributed by atoms with Crippen LogP contribution in [0.25, 0.3) is 0 Å². The van der Waals surface area contributed by atoms with Crippen molar-refractivity contribution in [2.45, 2.75) is 45.6 Å². The van der Waals surface area contributed by atoms with Gasteiger partial charge >= 0.3 is 12.1 Å². The van der Waals surface area contributed by atoms with E-state index in [4.69, 9.17) is 4.74 Å². The number of nitrogens with zero attached hydrogens (tertiary/aromatic N) is 3. The number of imide groups is 1. The number of carbonyl (C=O) groups is 4. The molecule has 0 unspecified atom stereocenters. The van der Waals surface area contributed by atoms with E-state index < -0.39 is 23.6 Å². The van der Waals surface area contributed by atoms with E-state index in [0.717, 1.165) is 13.0 Å². The quantitative estimate of drug-likeness (QED) is 0.743. The molecule has 5 amide bonds. The van der Waals surface area contributed by atoms with Crippen LogP contribution in [0, 0.1) is 0 Å². The van der Waals surface area contributed by atoms with Gasteiger partial charge in [0.2, 0.25) is 5.91 Å². The standard InChI is InChI=1S/C15H24N4O5/c1-15(2,3)24-13(22)16-19-12(21)10-18(14(19)23)9-5-8-17-7-4-6-11(17)20/h4-10H2,1-3H3,(H,16,22). The first-order chi connectivity index (χ1) is 11.2. The zero-order valence-corrected chi connectivity index (χ0v) is 14.3. The second kappa shape index (κ2) is 7.06. The first-order valence-corrected chi connectivity index (χ1v) is 8.06. The maximum atomic E-state index is 12.2. The Bertz CT molecular complexity index is 542. The third kappa shape index (κ3) is 4.59. The monoisotopic (exact) mass is 340 g/mol. The minimum atomic E-state index is -0.853. The molecular formula is C15H24N4O5. The molecule has 0 atom stereocenters. The number of carbonyl (C=O) groups excluding carboxylic acids is 4. The fourth-order valence-electron chi connectivity index (χ4n) is 2.62. The Balaban J connectivity index is 1.80.